The molecule has 110 valence electrons. The Morgan fingerprint density at radius 2 is 1.95 bits per heavy atom. The van der Waals surface area contributed by atoms with E-state index in [1.54, 1.807) is 0 Å². The maximum absolute atomic E-state index is 6.60. The summed E-state index contributed by atoms with van der Waals surface area (Å²) < 4.78 is 0. The molecule has 0 saturated carbocycles. The Morgan fingerprint density at radius 1 is 1.14 bits per heavy atom. The van der Waals surface area contributed by atoms with E-state index in [4.69, 9.17) is 5.73 Å². The first-order valence-electron chi connectivity index (χ1n) is 7.71. The molecule has 0 spiro atoms. The van der Waals surface area contributed by atoms with Gasteiger partial charge < -0.3 is 5.73 Å². The summed E-state index contributed by atoms with van der Waals surface area (Å²) in [7, 11) is 0. The first kappa shape index (κ1) is 14.7. The molecule has 2 atom stereocenters. The van der Waals surface area contributed by atoms with Gasteiger partial charge in [-0.15, -0.1) is 11.8 Å². The predicted molar refractivity (Wildman–Crippen MR) is 91.8 cm³/mol. The average molecular weight is 297 g/mol. The van der Waals surface area contributed by atoms with Crippen LogP contribution in [-0.2, 0) is 6.42 Å². The first-order chi connectivity index (χ1) is 10.1. The van der Waals surface area contributed by atoms with Crippen molar-refractivity contribution in [1.29, 1.82) is 0 Å². The van der Waals surface area contributed by atoms with E-state index < -0.39 is 0 Å². The van der Waals surface area contributed by atoms with Gasteiger partial charge in [0.25, 0.3) is 0 Å². The molecule has 21 heavy (non-hydrogen) atoms. The fraction of sp³-hybridized carbons (Fsp3) is 0.368. The van der Waals surface area contributed by atoms with Crippen LogP contribution in [0, 0.1) is 5.92 Å². The van der Waals surface area contributed by atoms with Gasteiger partial charge in [-0.3, -0.25) is 0 Å². The average Bonchev–Trinajstić information content (AvgIpc) is 2.90. The Labute approximate surface area is 132 Å². The van der Waals surface area contributed by atoms with Crippen LogP contribution in [0.4, 0.5) is 0 Å². The molecule has 1 heterocycles. The highest BCUT2D eigenvalue weighted by atomic mass is 32.2. The summed E-state index contributed by atoms with van der Waals surface area (Å²) in [6.45, 7) is 4.52. The van der Waals surface area contributed by atoms with Crippen molar-refractivity contribution in [2.45, 2.75) is 37.1 Å². The molecule has 0 aliphatic carbocycles. The van der Waals surface area contributed by atoms with Gasteiger partial charge >= 0.3 is 0 Å². The van der Waals surface area contributed by atoms with E-state index in [0.717, 1.165) is 12.2 Å². The normalized spacial score (nSPS) is 18.8. The Morgan fingerprint density at radius 3 is 2.76 bits per heavy atom. The van der Waals surface area contributed by atoms with Gasteiger partial charge in [0.1, 0.15) is 0 Å². The second kappa shape index (κ2) is 6.25. The van der Waals surface area contributed by atoms with Gasteiger partial charge in [-0.05, 0) is 35.1 Å². The maximum Gasteiger partial charge on any atom is 0.0373 e. The smallest absolute Gasteiger partial charge is 0.0373 e. The number of hydrogen-bond acceptors (Lipinski definition) is 2. The lowest BCUT2D eigenvalue weighted by atomic mass is 9.88. The van der Waals surface area contributed by atoms with Gasteiger partial charge in [0.15, 0.2) is 0 Å². The van der Waals surface area contributed by atoms with Crippen molar-refractivity contribution >= 4 is 11.8 Å². The van der Waals surface area contributed by atoms with E-state index in [1.807, 2.05) is 11.8 Å². The summed E-state index contributed by atoms with van der Waals surface area (Å²) >= 11 is 1.93. The molecule has 0 radical (unpaired) electrons. The lowest BCUT2D eigenvalue weighted by Crippen LogP contribution is -2.20. The molecule has 1 nitrogen and oxygen atoms in total. The lowest BCUT2D eigenvalue weighted by Gasteiger charge is -2.21. The van der Waals surface area contributed by atoms with Crippen molar-refractivity contribution in [1.82, 2.24) is 0 Å². The molecule has 0 fully saturated rings. The zero-order valence-corrected chi connectivity index (χ0v) is 13.6. The van der Waals surface area contributed by atoms with E-state index in [1.165, 1.54) is 21.6 Å². The fourth-order valence-corrected chi connectivity index (χ4v) is 4.42. The van der Waals surface area contributed by atoms with Crippen LogP contribution in [0.3, 0.4) is 0 Å². The summed E-state index contributed by atoms with van der Waals surface area (Å²) in [4.78, 5) is 1.40. The molecule has 1 aliphatic heterocycles. The van der Waals surface area contributed by atoms with Crippen LogP contribution in [0.2, 0.25) is 0 Å². The van der Waals surface area contributed by atoms with Crippen molar-refractivity contribution in [3.63, 3.8) is 0 Å². The number of thioether (sulfide) groups is 1. The van der Waals surface area contributed by atoms with E-state index >= 15 is 0 Å². The first-order valence-corrected chi connectivity index (χ1v) is 8.70. The molecule has 2 unspecified atom stereocenters. The monoisotopic (exact) mass is 297 g/mol. The van der Waals surface area contributed by atoms with Gasteiger partial charge in [-0.1, -0.05) is 56.3 Å². The predicted octanol–water partition coefficient (Wildman–Crippen LogP) is 4.77. The van der Waals surface area contributed by atoms with Gasteiger partial charge in [0.2, 0.25) is 0 Å². The van der Waals surface area contributed by atoms with E-state index in [0.29, 0.717) is 11.8 Å². The lowest BCUT2D eigenvalue weighted by molar-refractivity contribution is 0.603. The van der Waals surface area contributed by atoms with E-state index in [-0.39, 0.29) is 6.04 Å². The SMILES string of the molecule is CC(C)Cc1cccc(C(N)C2CSc3ccccc32)c1. The van der Waals surface area contributed by atoms with Crippen LogP contribution in [0.25, 0.3) is 0 Å². The molecule has 0 bridgehead atoms. The van der Waals surface area contributed by atoms with Crippen molar-refractivity contribution in [2.24, 2.45) is 11.7 Å². The Hall–Kier alpha value is -1.25. The minimum absolute atomic E-state index is 0.0910. The van der Waals surface area contributed by atoms with Gasteiger partial charge in [0, 0.05) is 22.6 Å². The van der Waals surface area contributed by atoms with Crippen LogP contribution in [0.15, 0.2) is 53.4 Å². The quantitative estimate of drug-likeness (QED) is 0.879. The zero-order chi connectivity index (χ0) is 14.8. The molecule has 2 N–H and O–H groups in total. The second-order valence-electron chi connectivity index (χ2n) is 6.32. The van der Waals surface area contributed by atoms with Crippen LogP contribution < -0.4 is 5.73 Å². The summed E-state index contributed by atoms with van der Waals surface area (Å²) in [6.07, 6.45) is 1.12. The van der Waals surface area contributed by atoms with E-state index in [9.17, 15) is 0 Å². The fourth-order valence-electron chi connectivity index (χ4n) is 3.12. The van der Waals surface area contributed by atoms with Crippen molar-refractivity contribution < 1.29 is 0 Å². The molecule has 3 rings (SSSR count). The Bertz CT molecular complexity index is 620. The molecule has 2 aromatic carbocycles. The summed E-state index contributed by atoms with van der Waals surface area (Å²) in [5.41, 5.74) is 10.7. The summed E-state index contributed by atoms with van der Waals surface area (Å²) in [5, 5.41) is 0. The third-order valence-corrected chi connectivity index (χ3v) is 5.36. The van der Waals surface area contributed by atoms with Crippen LogP contribution in [0.5, 0.6) is 0 Å². The Kier molecular flexibility index (Phi) is 4.37. The number of fused-ring (bicyclic) bond motifs is 1. The summed E-state index contributed by atoms with van der Waals surface area (Å²) in [6, 6.07) is 17.6. The molecular formula is C19H23NS. The molecule has 2 heteroatoms. The number of nitrogens with two attached hydrogens (primary N) is 1. The van der Waals surface area contributed by atoms with Crippen LogP contribution in [0.1, 0.15) is 42.5 Å². The third kappa shape index (κ3) is 3.17. The highest BCUT2D eigenvalue weighted by molar-refractivity contribution is 7.99. The van der Waals surface area contributed by atoms with Gasteiger partial charge in [-0.2, -0.15) is 0 Å². The number of benzene rings is 2. The highest BCUT2D eigenvalue weighted by Crippen LogP contribution is 2.44. The molecule has 0 aromatic heterocycles. The Balaban J connectivity index is 1.84. The largest absolute Gasteiger partial charge is 0.323 e. The topological polar surface area (TPSA) is 26.0 Å². The molecule has 1 aliphatic rings. The third-order valence-electron chi connectivity index (χ3n) is 4.15. The van der Waals surface area contributed by atoms with Gasteiger partial charge in [0.05, 0.1) is 0 Å². The van der Waals surface area contributed by atoms with Gasteiger partial charge in [-0.25, -0.2) is 0 Å². The molecule has 0 amide bonds. The molecule has 0 saturated heterocycles. The second-order valence-corrected chi connectivity index (χ2v) is 7.39. The minimum Gasteiger partial charge on any atom is -0.323 e. The molecule has 2 aromatic rings. The zero-order valence-electron chi connectivity index (χ0n) is 12.8. The van der Waals surface area contributed by atoms with E-state index in [2.05, 4.69) is 62.4 Å². The van der Waals surface area contributed by atoms with Crippen LogP contribution >= 0.6 is 11.8 Å². The molecular weight excluding hydrogens is 274 g/mol. The standard InChI is InChI=1S/C19H23NS/c1-13(2)10-14-6-5-7-15(11-14)19(20)17-12-21-18-9-4-3-8-16(17)18/h3-9,11,13,17,19H,10,12,20H2,1-2H3. The number of hydrogen-bond donors (Lipinski definition) is 1. The highest BCUT2D eigenvalue weighted by Gasteiger charge is 2.28. The van der Waals surface area contributed by atoms with Crippen LogP contribution in [-0.4, -0.2) is 5.75 Å². The van der Waals surface area contributed by atoms with Crippen molar-refractivity contribution in [3.8, 4) is 0 Å². The summed E-state index contributed by atoms with van der Waals surface area (Å²) in [5.74, 6) is 2.20. The number of rotatable bonds is 4. The van der Waals surface area contributed by atoms with Crippen molar-refractivity contribution in [3.05, 3.63) is 65.2 Å². The maximum atomic E-state index is 6.60. The van der Waals surface area contributed by atoms with Crippen molar-refractivity contribution in [2.75, 3.05) is 5.75 Å². The minimum atomic E-state index is 0.0910.